The molecule has 22 heavy (non-hydrogen) atoms. The van der Waals surface area contributed by atoms with Crippen molar-refractivity contribution in [1.29, 1.82) is 5.41 Å². The van der Waals surface area contributed by atoms with Crippen LogP contribution in [0.5, 0.6) is 11.5 Å². The van der Waals surface area contributed by atoms with Crippen LogP contribution in [0, 0.1) is 11.2 Å². The number of carbonyl (C=O) groups is 1. The van der Waals surface area contributed by atoms with E-state index < -0.39 is 11.8 Å². The Labute approximate surface area is 127 Å². The van der Waals surface area contributed by atoms with E-state index in [0.29, 0.717) is 16.5 Å². The molecule has 0 saturated heterocycles. The van der Waals surface area contributed by atoms with Crippen LogP contribution in [-0.2, 0) is 4.79 Å². The second kappa shape index (κ2) is 6.22. The van der Waals surface area contributed by atoms with Gasteiger partial charge in [-0.15, -0.1) is 0 Å². The second-order valence-electron chi connectivity index (χ2n) is 4.60. The lowest BCUT2D eigenvalue weighted by Crippen LogP contribution is -2.09. The number of benzene rings is 2. The van der Waals surface area contributed by atoms with Crippen molar-refractivity contribution in [2.45, 2.75) is 6.92 Å². The quantitative estimate of drug-likeness (QED) is 0.305. The summed E-state index contributed by atoms with van der Waals surface area (Å²) >= 11 is 0. The average Bonchev–Trinajstić information content (AvgIpc) is 2.49. The van der Waals surface area contributed by atoms with E-state index in [2.05, 4.69) is 13.2 Å². The highest BCUT2D eigenvalue weighted by molar-refractivity contribution is 5.95. The maximum absolute atomic E-state index is 13.9. The molecule has 0 bridgehead atoms. The summed E-state index contributed by atoms with van der Waals surface area (Å²) in [6.45, 7) is 8.38. The van der Waals surface area contributed by atoms with Crippen molar-refractivity contribution in [1.82, 2.24) is 0 Å². The van der Waals surface area contributed by atoms with E-state index in [1.54, 1.807) is 18.2 Å². The van der Waals surface area contributed by atoms with Gasteiger partial charge in [0.2, 0.25) is 5.90 Å². The lowest BCUT2D eigenvalue weighted by molar-refractivity contribution is -0.130. The Kier molecular flexibility index (Phi) is 4.36. The Morgan fingerprint density at radius 3 is 2.64 bits per heavy atom. The van der Waals surface area contributed by atoms with Gasteiger partial charge in [0.05, 0.1) is 0 Å². The van der Waals surface area contributed by atoms with E-state index in [1.807, 2.05) is 0 Å². The predicted octanol–water partition coefficient (Wildman–Crippen LogP) is 4.00. The molecule has 1 N–H and O–H groups in total. The first-order chi connectivity index (χ1) is 10.4. The minimum absolute atomic E-state index is 0.101. The molecule has 2 aromatic carbocycles. The van der Waals surface area contributed by atoms with Crippen LogP contribution in [0.1, 0.15) is 6.92 Å². The van der Waals surface area contributed by atoms with E-state index in [9.17, 15) is 9.18 Å². The predicted molar refractivity (Wildman–Crippen MR) is 82.9 cm³/mol. The number of rotatable bonds is 4. The molecule has 0 saturated carbocycles. The molecule has 0 aliphatic rings. The van der Waals surface area contributed by atoms with Gasteiger partial charge in [0.15, 0.2) is 11.6 Å². The van der Waals surface area contributed by atoms with Gasteiger partial charge >= 0.3 is 5.97 Å². The molecule has 0 aliphatic carbocycles. The van der Waals surface area contributed by atoms with E-state index in [0.717, 1.165) is 0 Å². The molecule has 4 nitrogen and oxygen atoms in total. The van der Waals surface area contributed by atoms with Crippen molar-refractivity contribution < 1.29 is 18.7 Å². The zero-order valence-corrected chi connectivity index (χ0v) is 12.0. The average molecular weight is 299 g/mol. The number of hydrogen-bond acceptors (Lipinski definition) is 4. The first kappa shape index (κ1) is 15.4. The fourth-order valence-electron chi connectivity index (χ4n) is 1.77. The number of halogens is 1. The molecule has 0 atom stereocenters. The van der Waals surface area contributed by atoms with Crippen LogP contribution in [0.25, 0.3) is 10.8 Å². The highest BCUT2D eigenvalue weighted by Gasteiger charge is 2.14. The molecule has 0 heterocycles. The number of hydrogen-bond donors (Lipinski definition) is 1. The first-order valence-corrected chi connectivity index (χ1v) is 6.41. The molecule has 2 rings (SSSR count). The highest BCUT2D eigenvalue weighted by Crippen LogP contribution is 2.32. The Hall–Kier alpha value is -2.95. The van der Waals surface area contributed by atoms with Gasteiger partial charge in [0.1, 0.15) is 5.75 Å². The standard InChI is InChI=1S/C17H14FNO3/c1-4-15(19)21-12-6-7-13-11(9-12)5-8-14(18)16(13)22-17(20)10(2)3/h4-9,19H,1-2H2,3H3. The van der Waals surface area contributed by atoms with Crippen molar-refractivity contribution in [3.05, 3.63) is 61.0 Å². The summed E-state index contributed by atoms with van der Waals surface area (Å²) in [7, 11) is 0. The third-order valence-electron chi connectivity index (χ3n) is 2.85. The van der Waals surface area contributed by atoms with Crippen LogP contribution in [0.2, 0.25) is 0 Å². The zero-order chi connectivity index (χ0) is 16.3. The smallest absolute Gasteiger partial charge is 0.338 e. The lowest BCUT2D eigenvalue weighted by atomic mass is 10.1. The third-order valence-corrected chi connectivity index (χ3v) is 2.85. The second-order valence-corrected chi connectivity index (χ2v) is 4.60. The van der Waals surface area contributed by atoms with Crippen molar-refractivity contribution in [3.8, 4) is 11.5 Å². The third kappa shape index (κ3) is 3.20. The van der Waals surface area contributed by atoms with Crippen LogP contribution in [0.3, 0.4) is 0 Å². The van der Waals surface area contributed by atoms with Gasteiger partial charge in [-0.25, -0.2) is 9.18 Å². The van der Waals surface area contributed by atoms with E-state index >= 15 is 0 Å². The van der Waals surface area contributed by atoms with Gasteiger partial charge < -0.3 is 9.47 Å². The summed E-state index contributed by atoms with van der Waals surface area (Å²) in [5.74, 6) is -1.19. The van der Waals surface area contributed by atoms with Gasteiger partial charge in [-0.2, -0.15) is 0 Å². The Balaban J connectivity index is 2.46. The van der Waals surface area contributed by atoms with Crippen LogP contribution in [-0.4, -0.2) is 11.9 Å². The molecule has 0 aliphatic heterocycles. The Bertz CT molecular complexity index is 796. The van der Waals surface area contributed by atoms with Crippen LogP contribution in [0.4, 0.5) is 4.39 Å². The zero-order valence-electron chi connectivity index (χ0n) is 12.0. The number of fused-ring (bicyclic) bond motifs is 1. The van der Waals surface area contributed by atoms with Crippen molar-refractivity contribution in [3.63, 3.8) is 0 Å². The van der Waals surface area contributed by atoms with Crippen molar-refractivity contribution in [2.24, 2.45) is 0 Å². The van der Waals surface area contributed by atoms with Gasteiger partial charge in [0.25, 0.3) is 0 Å². The molecule has 0 fully saturated rings. The molecular weight excluding hydrogens is 285 g/mol. The largest absolute Gasteiger partial charge is 0.440 e. The minimum atomic E-state index is -0.694. The highest BCUT2D eigenvalue weighted by atomic mass is 19.1. The Morgan fingerprint density at radius 1 is 1.27 bits per heavy atom. The molecule has 0 amide bonds. The summed E-state index contributed by atoms with van der Waals surface area (Å²) in [6.07, 6.45) is 1.26. The normalized spacial score (nSPS) is 10.1. The molecule has 0 aromatic heterocycles. The lowest BCUT2D eigenvalue weighted by Gasteiger charge is -2.10. The topological polar surface area (TPSA) is 59.4 Å². The monoisotopic (exact) mass is 299 g/mol. The van der Waals surface area contributed by atoms with Crippen LogP contribution < -0.4 is 9.47 Å². The minimum Gasteiger partial charge on any atom is -0.440 e. The van der Waals surface area contributed by atoms with Gasteiger partial charge in [-0.3, -0.25) is 5.41 Å². The molecule has 5 heteroatoms. The number of ether oxygens (including phenoxy) is 2. The summed E-state index contributed by atoms with van der Waals surface area (Å²) < 4.78 is 24.2. The number of carbonyl (C=O) groups excluding carboxylic acids is 1. The molecule has 112 valence electrons. The summed E-state index contributed by atoms with van der Waals surface area (Å²) in [5, 5.41) is 8.45. The maximum Gasteiger partial charge on any atom is 0.338 e. The van der Waals surface area contributed by atoms with Crippen LogP contribution >= 0.6 is 0 Å². The Morgan fingerprint density at radius 2 is 2.00 bits per heavy atom. The fraction of sp³-hybridized carbons (Fsp3) is 0.0588. The fourth-order valence-corrected chi connectivity index (χ4v) is 1.77. The van der Waals surface area contributed by atoms with Crippen molar-refractivity contribution >= 4 is 22.6 Å². The molecule has 2 aromatic rings. The molecule has 0 radical (unpaired) electrons. The SMILES string of the molecule is C=CC(=N)Oc1ccc2c(OC(=O)C(=C)C)c(F)ccc2c1. The summed E-state index contributed by atoms with van der Waals surface area (Å²) in [6, 6.07) is 7.47. The van der Waals surface area contributed by atoms with Gasteiger partial charge in [-0.1, -0.05) is 19.2 Å². The van der Waals surface area contributed by atoms with Gasteiger partial charge in [0, 0.05) is 11.0 Å². The number of nitrogens with one attached hydrogen (secondary N) is 1. The van der Waals surface area contributed by atoms with E-state index in [-0.39, 0.29) is 17.2 Å². The van der Waals surface area contributed by atoms with E-state index in [1.165, 1.54) is 25.1 Å². The molecular formula is C17H14FNO3. The molecule has 0 spiro atoms. The molecule has 0 unspecified atom stereocenters. The van der Waals surface area contributed by atoms with E-state index in [4.69, 9.17) is 14.9 Å². The first-order valence-electron chi connectivity index (χ1n) is 6.41. The number of esters is 1. The maximum atomic E-state index is 13.9. The summed E-state index contributed by atoms with van der Waals surface area (Å²) in [5.41, 5.74) is 0.177. The van der Waals surface area contributed by atoms with Gasteiger partial charge in [-0.05, 0) is 42.7 Å². The summed E-state index contributed by atoms with van der Waals surface area (Å²) in [4.78, 5) is 11.6. The van der Waals surface area contributed by atoms with Crippen LogP contribution in [0.15, 0.2) is 55.1 Å². The van der Waals surface area contributed by atoms with Crippen molar-refractivity contribution in [2.75, 3.05) is 0 Å².